The normalized spacial score (nSPS) is 11.5. The molecule has 0 unspecified atom stereocenters. The lowest BCUT2D eigenvalue weighted by Crippen LogP contribution is -2.32. The average Bonchev–Trinajstić information content (AvgIpc) is 2.26. The van der Waals surface area contributed by atoms with E-state index in [4.69, 9.17) is 10.5 Å². The second-order valence-electron chi connectivity index (χ2n) is 4.66. The molecule has 5 nitrogen and oxygen atoms in total. The highest BCUT2D eigenvalue weighted by Crippen LogP contribution is 2.13. The molecule has 0 saturated heterocycles. The molecule has 1 aromatic rings. The molecule has 0 aliphatic carbocycles. The van der Waals surface area contributed by atoms with Crippen LogP contribution in [0.3, 0.4) is 0 Å². The molecule has 96 valence electrons. The molecule has 0 aliphatic rings. The number of hydrogen-bond donors (Lipinski definition) is 2. The fourth-order valence-electron chi connectivity index (χ4n) is 1.32. The Morgan fingerprint density at radius 3 is 2.71 bits per heavy atom. The molecule has 17 heavy (non-hydrogen) atoms. The van der Waals surface area contributed by atoms with Crippen LogP contribution >= 0.6 is 0 Å². The number of rotatable bonds is 6. The van der Waals surface area contributed by atoms with Gasteiger partial charge in [0, 0.05) is 26.1 Å². The van der Waals surface area contributed by atoms with E-state index in [0.29, 0.717) is 12.4 Å². The molecule has 0 amide bonds. The zero-order valence-corrected chi connectivity index (χ0v) is 11.1. The van der Waals surface area contributed by atoms with Crippen molar-refractivity contribution in [2.24, 2.45) is 0 Å². The van der Waals surface area contributed by atoms with Crippen LogP contribution in [0, 0.1) is 0 Å². The van der Waals surface area contributed by atoms with E-state index in [9.17, 15) is 0 Å². The Morgan fingerprint density at radius 2 is 2.12 bits per heavy atom. The van der Waals surface area contributed by atoms with Gasteiger partial charge in [0.15, 0.2) is 0 Å². The second-order valence-corrected chi connectivity index (χ2v) is 4.66. The first-order chi connectivity index (χ1) is 7.96. The zero-order chi connectivity index (χ0) is 12.9. The van der Waals surface area contributed by atoms with Gasteiger partial charge in [0.25, 0.3) is 0 Å². The molecule has 0 aromatic carbocycles. The predicted octanol–water partition coefficient (Wildman–Crippen LogP) is 1.85. The average molecular weight is 238 g/mol. The SMILES string of the molecule is CCCc1nc(N)cc(NCC(C)(C)OC)n1. The molecule has 1 heterocycles. The Hall–Kier alpha value is -1.36. The Morgan fingerprint density at radius 1 is 1.41 bits per heavy atom. The number of methoxy groups -OCH3 is 1. The summed E-state index contributed by atoms with van der Waals surface area (Å²) in [5.41, 5.74) is 5.51. The van der Waals surface area contributed by atoms with Gasteiger partial charge in [-0.2, -0.15) is 0 Å². The van der Waals surface area contributed by atoms with Crippen molar-refractivity contribution in [1.82, 2.24) is 9.97 Å². The third kappa shape index (κ3) is 4.56. The Labute approximate surface area is 103 Å². The maximum absolute atomic E-state index is 5.74. The quantitative estimate of drug-likeness (QED) is 0.791. The van der Waals surface area contributed by atoms with Crippen molar-refractivity contribution in [3.05, 3.63) is 11.9 Å². The maximum Gasteiger partial charge on any atom is 0.133 e. The van der Waals surface area contributed by atoms with E-state index in [1.807, 2.05) is 13.8 Å². The molecule has 0 saturated carbocycles. The Kier molecular flexibility index (Phi) is 4.69. The van der Waals surface area contributed by atoms with Crippen molar-refractivity contribution < 1.29 is 4.74 Å². The van der Waals surface area contributed by atoms with Crippen molar-refractivity contribution in [3.63, 3.8) is 0 Å². The van der Waals surface area contributed by atoms with Crippen molar-refractivity contribution in [1.29, 1.82) is 0 Å². The first-order valence-electron chi connectivity index (χ1n) is 5.89. The van der Waals surface area contributed by atoms with Crippen molar-refractivity contribution in [2.45, 2.75) is 39.2 Å². The van der Waals surface area contributed by atoms with Gasteiger partial charge in [0.05, 0.1) is 5.60 Å². The summed E-state index contributed by atoms with van der Waals surface area (Å²) in [6, 6.07) is 1.74. The largest absolute Gasteiger partial charge is 0.384 e. The third-order valence-corrected chi connectivity index (χ3v) is 2.51. The fourth-order valence-corrected chi connectivity index (χ4v) is 1.32. The van der Waals surface area contributed by atoms with Gasteiger partial charge in [-0.15, -0.1) is 0 Å². The van der Waals surface area contributed by atoms with E-state index in [1.165, 1.54) is 0 Å². The van der Waals surface area contributed by atoms with Crippen LogP contribution in [0.5, 0.6) is 0 Å². The molecular weight excluding hydrogens is 216 g/mol. The minimum atomic E-state index is -0.232. The number of anilines is 2. The monoisotopic (exact) mass is 238 g/mol. The van der Waals surface area contributed by atoms with E-state index in [2.05, 4.69) is 22.2 Å². The van der Waals surface area contributed by atoms with Crippen LogP contribution in [0.2, 0.25) is 0 Å². The molecule has 0 bridgehead atoms. The van der Waals surface area contributed by atoms with Gasteiger partial charge in [0.2, 0.25) is 0 Å². The summed E-state index contributed by atoms with van der Waals surface area (Å²) < 4.78 is 5.33. The van der Waals surface area contributed by atoms with E-state index in [1.54, 1.807) is 13.2 Å². The van der Waals surface area contributed by atoms with Gasteiger partial charge < -0.3 is 15.8 Å². The fraction of sp³-hybridized carbons (Fsp3) is 0.667. The molecule has 1 rings (SSSR count). The molecule has 3 N–H and O–H groups in total. The molecule has 0 atom stereocenters. The van der Waals surface area contributed by atoms with Crippen LogP contribution in [-0.2, 0) is 11.2 Å². The van der Waals surface area contributed by atoms with Crippen molar-refractivity contribution >= 4 is 11.6 Å². The summed E-state index contributed by atoms with van der Waals surface area (Å²) in [4.78, 5) is 8.59. The van der Waals surface area contributed by atoms with E-state index in [-0.39, 0.29) is 5.60 Å². The third-order valence-electron chi connectivity index (χ3n) is 2.51. The summed E-state index contributed by atoms with van der Waals surface area (Å²) in [7, 11) is 1.69. The number of hydrogen-bond acceptors (Lipinski definition) is 5. The minimum absolute atomic E-state index is 0.232. The van der Waals surface area contributed by atoms with Gasteiger partial charge >= 0.3 is 0 Å². The number of nitrogens with two attached hydrogens (primary N) is 1. The van der Waals surface area contributed by atoms with E-state index >= 15 is 0 Å². The lowest BCUT2D eigenvalue weighted by Gasteiger charge is -2.23. The highest BCUT2D eigenvalue weighted by atomic mass is 16.5. The highest BCUT2D eigenvalue weighted by Gasteiger charge is 2.16. The van der Waals surface area contributed by atoms with Crippen LogP contribution in [0.1, 0.15) is 33.0 Å². The minimum Gasteiger partial charge on any atom is -0.384 e. The van der Waals surface area contributed by atoms with Crippen LogP contribution < -0.4 is 11.1 Å². The standard InChI is InChI=1S/C12H22N4O/c1-5-6-10-15-9(13)7-11(16-10)14-8-12(2,3)17-4/h7H,5-6,8H2,1-4H3,(H3,13,14,15,16). The van der Waals surface area contributed by atoms with Crippen LogP contribution in [-0.4, -0.2) is 29.2 Å². The van der Waals surface area contributed by atoms with E-state index < -0.39 is 0 Å². The number of nitrogens with zero attached hydrogens (tertiary/aromatic N) is 2. The van der Waals surface area contributed by atoms with E-state index in [0.717, 1.165) is 24.5 Å². The Bertz CT molecular complexity index is 366. The van der Waals surface area contributed by atoms with Gasteiger partial charge in [-0.25, -0.2) is 9.97 Å². The molecule has 0 fully saturated rings. The van der Waals surface area contributed by atoms with Crippen LogP contribution in [0.4, 0.5) is 11.6 Å². The molecule has 0 aliphatic heterocycles. The number of aromatic nitrogens is 2. The second kappa shape index (κ2) is 5.82. The number of aryl methyl sites for hydroxylation is 1. The first-order valence-corrected chi connectivity index (χ1v) is 5.89. The van der Waals surface area contributed by atoms with Crippen LogP contribution in [0.15, 0.2) is 6.07 Å². The van der Waals surface area contributed by atoms with Crippen LogP contribution in [0.25, 0.3) is 0 Å². The summed E-state index contributed by atoms with van der Waals surface area (Å²) in [6.07, 6.45) is 1.85. The van der Waals surface area contributed by atoms with Gasteiger partial charge in [-0.1, -0.05) is 6.92 Å². The van der Waals surface area contributed by atoms with Gasteiger partial charge in [-0.05, 0) is 20.3 Å². The summed E-state index contributed by atoms with van der Waals surface area (Å²) in [6.45, 7) is 6.79. The van der Waals surface area contributed by atoms with Gasteiger partial charge in [0.1, 0.15) is 17.5 Å². The molecule has 0 spiro atoms. The number of nitrogens with one attached hydrogen (secondary N) is 1. The highest BCUT2D eigenvalue weighted by molar-refractivity contribution is 5.44. The van der Waals surface area contributed by atoms with Crippen molar-refractivity contribution in [2.75, 3.05) is 24.7 Å². The molecule has 0 radical (unpaired) electrons. The molecular formula is C12H22N4O. The summed E-state index contributed by atoms with van der Waals surface area (Å²) >= 11 is 0. The smallest absolute Gasteiger partial charge is 0.133 e. The molecule has 5 heteroatoms. The summed E-state index contributed by atoms with van der Waals surface area (Å²) in [5.74, 6) is 2.04. The number of nitrogen functional groups attached to an aromatic ring is 1. The first kappa shape index (κ1) is 13.7. The lowest BCUT2D eigenvalue weighted by atomic mass is 10.1. The lowest BCUT2D eigenvalue weighted by molar-refractivity contribution is 0.0343. The van der Waals surface area contributed by atoms with Gasteiger partial charge in [-0.3, -0.25) is 0 Å². The van der Waals surface area contributed by atoms with Crippen molar-refractivity contribution in [3.8, 4) is 0 Å². The summed E-state index contributed by atoms with van der Waals surface area (Å²) in [5, 5.41) is 3.22. The number of ether oxygens (including phenoxy) is 1. The zero-order valence-electron chi connectivity index (χ0n) is 11.1. The topological polar surface area (TPSA) is 73.1 Å². The maximum atomic E-state index is 5.74. The molecule has 1 aromatic heterocycles. The Balaban J connectivity index is 2.70. The predicted molar refractivity (Wildman–Crippen MR) is 70.0 cm³/mol.